The number of likely N-dealkylation sites (tertiary alicyclic amines) is 1. The Balaban J connectivity index is 1.56. The van der Waals surface area contributed by atoms with Gasteiger partial charge >= 0.3 is 6.03 Å². The number of urea groups is 1. The molecule has 1 aliphatic heterocycles. The van der Waals surface area contributed by atoms with Crippen molar-refractivity contribution in [2.24, 2.45) is 0 Å². The van der Waals surface area contributed by atoms with Gasteiger partial charge < -0.3 is 15.5 Å². The van der Waals surface area contributed by atoms with Gasteiger partial charge in [0.15, 0.2) is 0 Å². The Labute approximate surface area is 145 Å². The Morgan fingerprint density at radius 2 is 2.00 bits per heavy atom. The molecule has 0 aliphatic carbocycles. The number of thiophene rings is 1. The number of piperidine rings is 1. The molecule has 1 aromatic carbocycles. The third kappa shape index (κ3) is 4.14. The fraction of sp³-hybridized carbons (Fsp3) is 0.333. The van der Waals surface area contributed by atoms with Gasteiger partial charge in [0.25, 0.3) is 5.91 Å². The normalized spacial score (nSPS) is 17.3. The summed E-state index contributed by atoms with van der Waals surface area (Å²) < 4.78 is 0. The second-order valence-corrected chi connectivity index (χ2v) is 6.64. The van der Waals surface area contributed by atoms with Crippen LogP contribution < -0.4 is 10.6 Å². The first kappa shape index (κ1) is 16.5. The van der Waals surface area contributed by atoms with E-state index in [4.69, 9.17) is 0 Å². The van der Waals surface area contributed by atoms with Gasteiger partial charge in [-0.05, 0) is 42.8 Å². The van der Waals surface area contributed by atoms with Crippen LogP contribution in [-0.4, -0.2) is 36.0 Å². The molecule has 6 heteroatoms. The SMILES string of the molecule is O=C(NC[C@H]1CCCCN1C(=O)c1ccsc1)Nc1ccccc1. The van der Waals surface area contributed by atoms with Crippen LogP contribution in [0.2, 0.25) is 0 Å². The lowest BCUT2D eigenvalue weighted by atomic mass is 10.0. The molecule has 1 aliphatic rings. The van der Waals surface area contributed by atoms with Crippen molar-refractivity contribution in [3.05, 3.63) is 52.7 Å². The van der Waals surface area contributed by atoms with E-state index in [-0.39, 0.29) is 18.0 Å². The molecule has 0 bridgehead atoms. The number of anilines is 1. The molecule has 2 heterocycles. The molecule has 0 radical (unpaired) electrons. The van der Waals surface area contributed by atoms with Crippen molar-refractivity contribution >= 4 is 29.0 Å². The zero-order valence-corrected chi connectivity index (χ0v) is 14.2. The number of amides is 3. The number of para-hydroxylation sites is 1. The summed E-state index contributed by atoms with van der Waals surface area (Å²) in [6, 6.07) is 11.0. The van der Waals surface area contributed by atoms with E-state index in [1.165, 1.54) is 11.3 Å². The van der Waals surface area contributed by atoms with Crippen LogP contribution in [0.3, 0.4) is 0 Å². The summed E-state index contributed by atoms with van der Waals surface area (Å²) in [7, 11) is 0. The number of rotatable bonds is 4. The minimum atomic E-state index is -0.241. The molecule has 3 amide bonds. The predicted molar refractivity (Wildman–Crippen MR) is 96.5 cm³/mol. The van der Waals surface area contributed by atoms with Gasteiger partial charge in [-0.25, -0.2) is 4.79 Å². The molecule has 1 saturated heterocycles. The second kappa shape index (κ2) is 7.97. The van der Waals surface area contributed by atoms with E-state index >= 15 is 0 Å². The molecule has 2 aromatic rings. The minimum Gasteiger partial charge on any atom is -0.336 e. The lowest BCUT2D eigenvalue weighted by Gasteiger charge is -2.35. The number of carbonyl (C=O) groups is 2. The third-order valence-electron chi connectivity index (χ3n) is 4.19. The minimum absolute atomic E-state index is 0.0488. The van der Waals surface area contributed by atoms with Crippen molar-refractivity contribution in [2.75, 3.05) is 18.4 Å². The van der Waals surface area contributed by atoms with Gasteiger partial charge in [-0.2, -0.15) is 11.3 Å². The molecule has 5 nitrogen and oxygen atoms in total. The van der Waals surface area contributed by atoms with E-state index in [1.807, 2.05) is 52.1 Å². The summed E-state index contributed by atoms with van der Waals surface area (Å²) in [5.41, 5.74) is 1.49. The lowest BCUT2D eigenvalue weighted by molar-refractivity contribution is 0.0616. The first-order valence-corrected chi connectivity index (χ1v) is 9.11. The molecule has 1 aromatic heterocycles. The number of benzene rings is 1. The highest BCUT2D eigenvalue weighted by molar-refractivity contribution is 7.08. The highest BCUT2D eigenvalue weighted by Crippen LogP contribution is 2.20. The van der Waals surface area contributed by atoms with E-state index < -0.39 is 0 Å². The summed E-state index contributed by atoms with van der Waals surface area (Å²) in [6.45, 7) is 1.22. The van der Waals surface area contributed by atoms with Crippen LogP contribution in [0, 0.1) is 0 Å². The van der Waals surface area contributed by atoms with E-state index in [9.17, 15) is 9.59 Å². The van der Waals surface area contributed by atoms with Gasteiger partial charge in [0, 0.05) is 30.2 Å². The maximum absolute atomic E-state index is 12.6. The van der Waals surface area contributed by atoms with E-state index in [2.05, 4.69) is 10.6 Å². The summed E-state index contributed by atoms with van der Waals surface area (Å²) in [5.74, 6) is 0.0613. The smallest absolute Gasteiger partial charge is 0.319 e. The fourth-order valence-electron chi connectivity index (χ4n) is 2.94. The molecular weight excluding hydrogens is 322 g/mol. The second-order valence-electron chi connectivity index (χ2n) is 5.86. The monoisotopic (exact) mass is 343 g/mol. The summed E-state index contributed by atoms with van der Waals surface area (Å²) in [5, 5.41) is 9.48. The van der Waals surface area contributed by atoms with Crippen LogP contribution in [0.15, 0.2) is 47.2 Å². The molecule has 2 N–H and O–H groups in total. The molecule has 126 valence electrons. The highest BCUT2D eigenvalue weighted by atomic mass is 32.1. The summed E-state index contributed by atoms with van der Waals surface area (Å²) >= 11 is 1.53. The van der Waals surface area contributed by atoms with Crippen molar-refractivity contribution in [2.45, 2.75) is 25.3 Å². The quantitative estimate of drug-likeness (QED) is 0.891. The Bertz CT molecular complexity index is 673. The zero-order chi connectivity index (χ0) is 16.8. The van der Waals surface area contributed by atoms with Crippen LogP contribution in [0.1, 0.15) is 29.6 Å². The average molecular weight is 343 g/mol. The van der Waals surface area contributed by atoms with Crippen LogP contribution in [0.4, 0.5) is 10.5 Å². The average Bonchev–Trinajstić information content (AvgIpc) is 3.15. The van der Waals surface area contributed by atoms with E-state index in [1.54, 1.807) is 0 Å². The standard InChI is InChI=1S/C18H21N3O2S/c22-17(14-9-11-24-13-14)21-10-5-4-8-16(21)12-19-18(23)20-15-6-2-1-3-7-15/h1-3,6-7,9,11,13,16H,4-5,8,10,12H2,(H2,19,20,23)/t16-/m1/s1. The molecule has 24 heavy (non-hydrogen) atoms. The maximum atomic E-state index is 12.6. The van der Waals surface area contributed by atoms with Crippen LogP contribution >= 0.6 is 11.3 Å². The van der Waals surface area contributed by atoms with E-state index in [0.29, 0.717) is 6.54 Å². The lowest BCUT2D eigenvalue weighted by Crippen LogP contribution is -2.49. The molecule has 0 spiro atoms. The molecule has 0 unspecified atom stereocenters. The molecular formula is C18H21N3O2S. The third-order valence-corrected chi connectivity index (χ3v) is 4.87. The largest absolute Gasteiger partial charge is 0.336 e. The first-order chi connectivity index (χ1) is 11.7. The predicted octanol–water partition coefficient (Wildman–Crippen LogP) is 3.56. The first-order valence-electron chi connectivity index (χ1n) is 8.17. The van der Waals surface area contributed by atoms with Crippen molar-refractivity contribution in [3.8, 4) is 0 Å². The number of nitrogens with one attached hydrogen (secondary N) is 2. The van der Waals surface area contributed by atoms with Crippen LogP contribution in [0.25, 0.3) is 0 Å². The van der Waals surface area contributed by atoms with Crippen molar-refractivity contribution in [1.82, 2.24) is 10.2 Å². The van der Waals surface area contributed by atoms with Crippen LogP contribution in [-0.2, 0) is 0 Å². The van der Waals surface area contributed by atoms with Gasteiger partial charge in [0.2, 0.25) is 0 Å². The fourth-order valence-corrected chi connectivity index (χ4v) is 3.57. The Kier molecular flexibility index (Phi) is 5.48. The Hall–Kier alpha value is -2.34. The van der Waals surface area contributed by atoms with E-state index in [0.717, 1.165) is 37.1 Å². The topological polar surface area (TPSA) is 61.4 Å². The highest BCUT2D eigenvalue weighted by Gasteiger charge is 2.27. The zero-order valence-electron chi connectivity index (χ0n) is 13.4. The molecule has 3 rings (SSSR count). The maximum Gasteiger partial charge on any atom is 0.319 e. The van der Waals surface area contributed by atoms with Crippen LogP contribution in [0.5, 0.6) is 0 Å². The summed E-state index contributed by atoms with van der Waals surface area (Å²) in [6.07, 6.45) is 3.02. The number of hydrogen-bond acceptors (Lipinski definition) is 3. The molecule has 1 atom stereocenters. The number of nitrogens with zero attached hydrogens (tertiary/aromatic N) is 1. The van der Waals surface area contributed by atoms with Crippen molar-refractivity contribution in [1.29, 1.82) is 0 Å². The van der Waals surface area contributed by atoms with Gasteiger partial charge in [-0.3, -0.25) is 4.79 Å². The Morgan fingerprint density at radius 3 is 2.75 bits per heavy atom. The Morgan fingerprint density at radius 1 is 1.17 bits per heavy atom. The van der Waals surface area contributed by atoms with Crippen molar-refractivity contribution < 1.29 is 9.59 Å². The molecule has 0 saturated carbocycles. The number of hydrogen-bond donors (Lipinski definition) is 2. The van der Waals surface area contributed by atoms with Gasteiger partial charge in [0.05, 0.1) is 5.56 Å². The number of carbonyl (C=O) groups excluding carboxylic acids is 2. The summed E-state index contributed by atoms with van der Waals surface area (Å²) in [4.78, 5) is 26.5. The van der Waals surface area contributed by atoms with Gasteiger partial charge in [0.1, 0.15) is 0 Å². The molecule has 1 fully saturated rings. The van der Waals surface area contributed by atoms with Gasteiger partial charge in [-0.15, -0.1) is 0 Å². The van der Waals surface area contributed by atoms with Gasteiger partial charge in [-0.1, -0.05) is 18.2 Å². The van der Waals surface area contributed by atoms with Crippen molar-refractivity contribution in [3.63, 3.8) is 0 Å².